The molecule has 5 nitrogen and oxygen atoms in total. The molecule has 0 saturated heterocycles. The molecule has 0 amide bonds. The van der Waals surface area contributed by atoms with E-state index in [0.29, 0.717) is 0 Å². The van der Waals surface area contributed by atoms with E-state index in [9.17, 15) is 0 Å². The van der Waals surface area contributed by atoms with Gasteiger partial charge in [0, 0.05) is 68.1 Å². The second-order valence-electron chi connectivity index (χ2n) is 13.7. The maximum Gasteiger partial charge on any atom is 0.129 e. The number of fused-ring (bicyclic) bond motifs is 7. The van der Waals surface area contributed by atoms with E-state index < -0.39 is 0 Å². The lowest BCUT2D eigenvalue weighted by Gasteiger charge is -2.10. The second-order valence-corrected chi connectivity index (χ2v) is 14.7. The van der Waals surface area contributed by atoms with Crippen molar-refractivity contribution in [2.45, 2.75) is 0 Å². The largest absolute Gasteiger partial charge is 0.309 e. The van der Waals surface area contributed by atoms with Crippen molar-refractivity contribution in [2.24, 2.45) is 0 Å². The molecule has 5 aromatic heterocycles. The lowest BCUT2D eigenvalue weighted by Crippen LogP contribution is -1.95. The summed E-state index contributed by atoms with van der Waals surface area (Å²) in [6.07, 6.45) is 5.63. The van der Waals surface area contributed by atoms with Crippen molar-refractivity contribution in [3.05, 3.63) is 188 Å². The van der Waals surface area contributed by atoms with Gasteiger partial charge in [0.25, 0.3) is 0 Å². The molecule has 0 atom stereocenters. The Kier molecular flexibility index (Phi) is 7.28. The fraction of sp³-hybridized carbons (Fsp3) is 0. The molecule has 0 N–H and O–H groups in total. The fourth-order valence-corrected chi connectivity index (χ4v) is 9.15. The van der Waals surface area contributed by atoms with Gasteiger partial charge in [0.2, 0.25) is 0 Å². The number of aromatic nitrogens is 5. The number of thiazole rings is 1. The third-order valence-corrected chi connectivity index (χ3v) is 11.6. The van der Waals surface area contributed by atoms with Gasteiger partial charge in [-0.05, 0) is 66.2 Å². The lowest BCUT2D eigenvalue weighted by molar-refractivity contribution is 1.18. The number of para-hydroxylation sites is 1. The molecule has 0 aliphatic rings. The predicted octanol–water partition coefficient (Wildman–Crippen LogP) is 12.8. The Balaban J connectivity index is 1.33. The fourth-order valence-electron chi connectivity index (χ4n) is 8.03. The topological polar surface area (TPSA) is 48.5 Å². The summed E-state index contributed by atoms with van der Waals surface area (Å²) in [5.41, 5.74) is 13.0. The first-order valence-corrected chi connectivity index (χ1v) is 19.2. The van der Waals surface area contributed by atoms with Crippen molar-refractivity contribution < 1.29 is 0 Å². The number of benzene rings is 6. The van der Waals surface area contributed by atoms with Crippen LogP contribution < -0.4 is 0 Å². The number of nitrogens with zero attached hydrogens (tertiary/aromatic N) is 5. The van der Waals surface area contributed by atoms with Crippen molar-refractivity contribution in [2.75, 3.05) is 0 Å². The van der Waals surface area contributed by atoms with E-state index in [4.69, 9.17) is 9.97 Å². The van der Waals surface area contributed by atoms with Crippen molar-refractivity contribution in [3.63, 3.8) is 0 Å². The Morgan fingerprint density at radius 3 is 1.87 bits per heavy atom. The van der Waals surface area contributed by atoms with Crippen molar-refractivity contribution in [1.82, 2.24) is 24.1 Å². The summed E-state index contributed by atoms with van der Waals surface area (Å²) >= 11 is 1.74. The smallest absolute Gasteiger partial charge is 0.129 e. The average Bonchev–Trinajstić information content (AvgIpc) is 3.95. The highest BCUT2D eigenvalue weighted by Crippen LogP contribution is 2.47. The van der Waals surface area contributed by atoms with Crippen LogP contribution in [0, 0.1) is 0 Å². The van der Waals surface area contributed by atoms with Crippen LogP contribution in [0.2, 0.25) is 0 Å². The van der Waals surface area contributed by atoms with Gasteiger partial charge >= 0.3 is 0 Å². The molecule has 6 aromatic carbocycles. The summed E-state index contributed by atoms with van der Waals surface area (Å²) in [4.78, 5) is 14.6. The Morgan fingerprint density at radius 1 is 0.455 bits per heavy atom. The van der Waals surface area contributed by atoms with E-state index in [-0.39, 0.29) is 0 Å². The first kappa shape index (κ1) is 31.4. The molecule has 0 unspecified atom stereocenters. The first-order chi connectivity index (χ1) is 27.3. The second kappa shape index (κ2) is 12.8. The highest BCUT2D eigenvalue weighted by atomic mass is 32.1. The molecule has 0 spiro atoms. The quantitative estimate of drug-likeness (QED) is 0.172. The van der Waals surface area contributed by atoms with E-state index in [0.717, 1.165) is 82.4 Å². The van der Waals surface area contributed by atoms with Crippen LogP contribution in [-0.4, -0.2) is 24.1 Å². The molecular formula is C49H31N5S. The number of hydrogen-bond acceptors (Lipinski definition) is 4. The highest BCUT2D eigenvalue weighted by molar-refractivity contribution is 7.18. The van der Waals surface area contributed by atoms with Gasteiger partial charge in [-0.25, -0.2) is 4.98 Å². The Hall–Kier alpha value is -7.15. The van der Waals surface area contributed by atoms with Crippen LogP contribution in [0.1, 0.15) is 0 Å². The molecule has 0 aliphatic heterocycles. The summed E-state index contributed by atoms with van der Waals surface area (Å²) in [6.45, 7) is 0. The average molecular weight is 722 g/mol. The van der Waals surface area contributed by atoms with Gasteiger partial charge in [0.05, 0.1) is 27.8 Å². The number of rotatable bonds is 6. The van der Waals surface area contributed by atoms with Crippen LogP contribution in [0.3, 0.4) is 0 Å². The maximum absolute atomic E-state index is 5.41. The molecular weight excluding hydrogens is 691 g/mol. The molecule has 0 bridgehead atoms. The standard InChI is InChI=1S/C49H31N5S/c1-4-13-32(14-5-1)46-49(55-48(52-46)33-15-6-2-7-16-33)54-42-25-22-35(41-20-10-11-28-51-41)30-39(42)38-23-26-44-45(47(38)54)40-29-34(36-17-12-27-50-31-36)21-24-43(40)53(44)37-18-8-3-9-19-37/h1-31H. The predicted molar refractivity (Wildman–Crippen MR) is 228 cm³/mol. The number of pyridine rings is 2. The summed E-state index contributed by atoms with van der Waals surface area (Å²) in [7, 11) is 0. The molecule has 0 radical (unpaired) electrons. The Bertz CT molecular complexity index is 3170. The van der Waals surface area contributed by atoms with E-state index in [1.165, 1.54) is 16.2 Å². The molecule has 0 aliphatic carbocycles. The molecule has 0 saturated carbocycles. The van der Waals surface area contributed by atoms with Crippen molar-refractivity contribution in [3.8, 4) is 54.9 Å². The summed E-state index contributed by atoms with van der Waals surface area (Å²) < 4.78 is 4.88. The maximum atomic E-state index is 5.41. The third kappa shape index (κ3) is 5.11. The van der Waals surface area contributed by atoms with Crippen molar-refractivity contribution in [1.29, 1.82) is 0 Å². The minimum atomic E-state index is 0.947. The van der Waals surface area contributed by atoms with Crippen LogP contribution in [-0.2, 0) is 0 Å². The molecule has 55 heavy (non-hydrogen) atoms. The van der Waals surface area contributed by atoms with Crippen LogP contribution >= 0.6 is 11.3 Å². The highest BCUT2D eigenvalue weighted by Gasteiger charge is 2.25. The van der Waals surface area contributed by atoms with Crippen LogP contribution in [0.4, 0.5) is 0 Å². The molecule has 6 heteroatoms. The minimum absolute atomic E-state index is 0.947. The normalized spacial score (nSPS) is 11.6. The minimum Gasteiger partial charge on any atom is -0.309 e. The van der Waals surface area contributed by atoms with Crippen molar-refractivity contribution >= 4 is 54.9 Å². The van der Waals surface area contributed by atoms with E-state index in [1.807, 2.05) is 36.8 Å². The van der Waals surface area contributed by atoms with Gasteiger partial charge in [0.15, 0.2) is 0 Å². The Morgan fingerprint density at radius 2 is 1.13 bits per heavy atom. The van der Waals surface area contributed by atoms with E-state index in [1.54, 1.807) is 11.3 Å². The van der Waals surface area contributed by atoms with E-state index >= 15 is 0 Å². The van der Waals surface area contributed by atoms with Gasteiger partial charge in [-0.15, -0.1) is 0 Å². The summed E-state index contributed by atoms with van der Waals surface area (Å²) in [5.74, 6) is 0. The van der Waals surface area contributed by atoms with Crippen LogP contribution in [0.15, 0.2) is 188 Å². The zero-order valence-electron chi connectivity index (χ0n) is 29.5. The van der Waals surface area contributed by atoms with Gasteiger partial charge in [0.1, 0.15) is 15.7 Å². The molecule has 11 aromatic rings. The van der Waals surface area contributed by atoms with E-state index in [2.05, 4.69) is 166 Å². The Labute approximate surface area is 321 Å². The lowest BCUT2D eigenvalue weighted by atomic mass is 10.0. The molecule has 11 rings (SSSR count). The summed E-state index contributed by atoms with van der Waals surface area (Å²) in [6, 6.07) is 60.2. The molecule has 5 heterocycles. The molecule has 258 valence electrons. The third-order valence-electron chi connectivity index (χ3n) is 10.5. The molecule has 0 fully saturated rings. The zero-order chi connectivity index (χ0) is 36.3. The SMILES string of the molecule is c1ccc(-c2nc(-c3ccccc3)c(-n3c4ccc(-c5ccccn5)cc4c4ccc5c(c6cc(-c7cccnc7)ccc6n5-c5ccccc5)c43)s2)cc1. The van der Waals surface area contributed by atoms with Gasteiger partial charge in [-0.2, -0.15) is 0 Å². The van der Waals surface area contributed by atoms with Crippen LogP contribution in [0.25, 0.3) is 98.5 Å². The first-order valence-electron chi connectivity index (χ1n) is 18.3. The van der Waals surface area contributed by atoms with Gasteiger partial charge in [-0.1, -0.05) is 121 Å². The zero-order valence-corrected chi connectivity index (χ0v) is 30.4. The summed E-state index contributed by atoms with van der Waals surface area (Å²) in [5, 5.41) is 6.75. The number of hydrogen-bond donors (Lipinski definition) is 0. The monoisotopic (exact) mass is 721 g/mol. The van der Waals surface area contributed by atoms with Crippen LogP contribution in [0.5, 0.6) is 0 Å². The van der Waals surface area contributed by atoms with Gasteiger partial charge in [-0.3, -0.25) is 14.5 Å². The van der Waals surface area contributed by atoms with Gasteiger partial charge < -0.3 is 4.57 Å².